The van der Waals surface area contributed by atoms with Crippen molar-refractivity contribution in [2.24, 2.45) is 35.5 Å². The fourth-order valence-electron chi connectivity index (χ4n) is 7.46. The molecule has 6 rings (SSSR count). The van der Waals surface area contributed by atoms with Crippen molar-refractivity contribution >= 4 is 46.6 Å². The number of imide groups is 1. The quantitative estimate of drug-likeness (QED) is 0.539. The van der Waals surface area contributed by atoms with Crippen LogP contribution < -0.4 is 9.77 Å². The van der Waals surface area contributed by atoms with Crippen LogP contribution in [-0.4, -0.2) is 58.2 Å². The first-order valence-corrected chi connectivity index (χ1v) is 14.5. The number of carbonyl (C=O) groups is 3. The number of anilines is 1. The number of hydrogen-bond donors (Lipinski definition) is 2. The van der Waals surface area contributed by atoms with Crippen molar-refractivity contribution in [3.8, 4) is 0 Å². The van der Waals surface area contributed by atoms with Gasteiger partial charge in [-0.2, -0.15) is 0 Å². The molecule has 2 N–H and O–H groups in total. The molecule has 2 aliphatic heterocycles. The number of aliphatic carboxylic acids is 1. The topological polar surface area (TPSA) is 111 Å². The zero-order valence-corrected chi connectivity index (χ0v) is 22.8. The minimum atomic E-state index is -1.12. The van der Waals surface area contributed by atoms with Gasteiger partial charge in [0.25, 0.3) is 0 Å². The third-order valence-corrected chi connectivity index (χ3v) is 11.4. The Hall–Kier alpha value is -2.59. The molecule has 2 bridgehead atoms. The lowest BCUT2D eigenvalue weighted by molar-refractivity contribution is -0.156. The number of fused-ring (bicyclic) bond motifs is 9. The van der Waals surface area contributed by atoms with Crippen molar-refractivity contribution < 1.29 is 19.5 Å². The van der Waals surface area contributed by atoms with E-state index in [9.17, 15) is 24.3 Å². The summed E-state index contributed by atoms with van der Waals surface area (Å²) < 4.78 is 0. The van der Waals surface area contributed by atoms with Crippen LogP contribution in [-0.2, 0) is 14.4 Å². The average molecular weight is 542 g/mol. The maximum Gasteiger partial charge on any atom is 0.326 e. The van der Waals surface area contributed by atoms with E-state index >= 15 is 0 Å². The lowest BCUT2D eigenvalue weighted by atomic mass is 9.68. The van der Waals surface area contributed by atoms with Gasteiger partial charge in [0.2, 0.25) is 11.8 Å². The molecule has 0 spiro atoms. The van der Waals surface area contributed by atoms with Crippen LogP contribution >= 0.6 is 23.1 Å². The molecule has 2 aromatic rings. The maximum atomic E-state index is 13.8. The number of hydrogen-bond acceptors (Lipinski definition) is 7. The van der Waals surface area contributed by atoms with Gasteiger partial charge in [0.1, 0.15) is 6.04 Å². The highest BCUT2D eigenvalue weighted by molar-refractivity contribution is 8.00. The molecule has 3 heterocycles. The van der Waals surface area contributed by atoms with E-state index in [1.165, 1.54) is 11.3 Å². The second-order valence-corrected chi connectivity index (χ2v) is 13.7. The predicted octanol–water partition coefficient (Wildman–Crippen LogP) is 3.48. The van der Waals surface area contributed by atoms with Crippen molar-refractivity contribution in [2.45, 2.75) is 48.9 Å². The van der Waals surface area contributed by atoms with Gasteiger partial charge in [-0.3, -0.25) is 19.3 Å². The van der Waals surface area contributed by atoms with Gasteiger partial charge >= 0.3 is 10.8 Å². The van der Waals surface area contributed by atoms with Crippen LogP contribution in [0.15, 0.2) is 34.1 Å². The molecule has 3 fully saturated rings. The molecule has 2 saturated carbocycles. The lowest BCUT2D eigenvalue weighted by Gasteiger charge is -2.43. The van der Waals surface area contributed by atoms with Gasteiger partial charge in [-0.05, 0) is 54.2 Å². The van der Waals surface area contributed by atoms with Crippen LogP contribution in [0.25, 0.3) is 0 Å². The van der Waals surface area contributed by atoms with E-state index in [2.05, 4.69) is 29.2 Å². The summed E-state index contributed by atoms with van der Waals surface area (Å²) >= 11 is 2.89. The number of aromatic nitrogens is 1. The number of nitrogens with one attached hydrogen (secondary N) is 1. The summed E-state index contributed by atoms with van der Waals surface area (Å²) in [5, 5.41) is 10.9. The molecular weight excluding hydrogens is 510 g/mol. The highest BCUT2D eigenvalue weighted by Gasteiger charge is 2.70. The number of amides is 2. The van der Waals surface area contributed by atoms with Gasteiger partial charge in [-0.15, -0.1) is 11.8 Å². The number of rotatable bonds is 6. The Morgan fingerprint density at radius 2 is 1.76 bits per heavy atom. The number of nitrogens with zero attached hydrogens (tertiary/aromatic N) is 2. The van der Waals surface area contributed by atoms with E-state index in [4.69, 9.17) is 0 Å². The predicted molar refractivity (Wildman–Crippen MR) is 142 cm³/mol. The van der Waals surface area contributed by atoms with E-state index in [0.29, 0.717) is 0 Å². The molecule has 4 aliphatic rings. The molecule has 0 unspecified atom stereocenters. The van der Waals surface area contributed by atoms with E-state index in [1.54, 1.807) is 11.8 Å². The van der Waals surface area contributed by atoms with Gasteiger partial charge in [-0.1, -0.05) is 37.3 Å². The highest BCUT2D eigenvalue weighted by atomic mass is 32.2. The number of carboxylic acids is 1. The minimum absolute atomic E-state index is 0.0138. The largest absolute Gasteiger partial charge is 0.480 e. The number of carbonyl (C=O) groups excluding carboxylic acids is 2. The van der Waals surface area contributed by atoms with E-state index < -0.39 is 23.8 Å². The smallest absolute Gasteiger partial charge is 0.326 e. The van der Waals surface area contributed by atoms with Crippen molar-refractivity contribution in [2.75, 3.05) is 19.0 Å². The maximum absolute atomic E-state index is 13.8. The Balaban J connectivity index is 1.40. The molecule has 2 aliphatic carbocycles. The Morgan fingerprint density at radius 1 is 1.11 bits per heavy atom. The molecule has 2 amide bonds. The minimum Gasteiger partial charge on any atom is -0.480 e. The normalized spacial score (nSPS) is 32.5. The summed E-state index contributed by atoms with van der Waals surface area (Å²) in [5.74, 6) is -2.62. The number of likely N-dealkylation sites (tertiary alicyclic amines) is 1. The van der Waals surface area contributed by atoms with Crippen molar-refractivity contribution in [3.05, 3.63) is 44.4 Å². The Morgan fingerprint density at radius 3 is 2.35 bits per heavy atom. The van der Waals surface area contributed by atoms with Gasteiger partial charge in [0.05, 0.1) is 16.9 Å². The Labute approximate surface area is 223 Å². The molecule has 8 atom stereocenters. The SMILES string of the molecule is CC(C)C[C@H](C(=O)O)N1C(=O)[C@H]2[C@@H]3C[C@@H]([C@@H]2C1=O)[C@H]1[C@H](c2ccc(N(C)C)cc2)c2sc(=O)[nH]c2S[C@H]31. The number of H-pyrrole nitrogens is 1. The molecular formula is C27H31N3O5S2. The van der Waals surface area contributed by atoms with Crippen molar-refractivity contribution in [3.63, 3.8) is 0 Å². The first kappa shape index (κ1) is 24.7. The zero-order valence-electron chi connectivity index (χ0n) is 21.2. The van der Waals surface area contributed by atoms with Crippen molar-refractivity contribution in [1.29, 1.82) is 0 Å². The summed E-state index contributed by atoms with van der Waals surface area (Å²) in [6.45, 7) is 3.81. The molecule has 10 heteroatoms. The molecule has 196 valence electrons. The molecule has 8 nitrogen and oxygen atoms in total. The highest BCUT2D eigenvalue weighted by Crippen LogP contribution is 2.68. The van der Waals surface area contributed by atoms with E-state index in [1.807, 2.05) is 32.8 Å². The van der Waals surface area contributed by atoms with Crippen LogP contribution in [0.2, 0.25) is 0 Å². The molecule has 1 saturated heterocycles. The second kappa shape index (κ2) is 8.73. The number of thiazole rings is 1. The van der Waals surface area contributed by atoms with Gasteiger partial charge in [0, 0.05) is 35.8 Å². The summed E-state index contributed by atoms with van der Waals surface area (Å²) in [7, 11) is 3.99. The van der Waals surface area contributed by atoms with Crippen LogP contribution in [0.4, 0.5) is 5.69 Å². The van der Waals surface area contributed by atoms with Crippen LogP contribution in [0.1, 0.15) is 43.0 Å². The molecule has 37 heavy (non-hydrogen) atoms. The first-order chi connectivity index (χ1) is 17.6. The Bertz CT molecular complexity index is 1330. The van der Waals surface area contributed by atoms with Crippen LogP contribution in [0, 0.1) is 35.5 Å². The van der Waals surface area contributed by atoms with Crippen LogP contribution in [0.5, 0.6) is 0 Å². The fourth-order valence-corrected chi connectivity index (χ4v) is 10.4. The van der Waals surface area contributed by atoms with Gasteiger partial charge in [-0.25, -0.2) is 4.79 Å². The van der Waals surface area contributed by atoms with Crippen molar-refractivity contribution in [1.82, 2.24) is 9.88 Å². The third-order valence-electron chi connectivity index (χ3n) is 8.82. The molecule has 1 aromatic carbocycles. The van der Waals surface area contributed by atoms with Gasteiger partial charge < -0.3 is 15.0 Å². The number of aromatic amines is 1. The third kappa shape index (κ3) is 3.62. The van der Waals surface area contributed by atoms with E-state index in [0.717, 1.165) is 32.5 Å². The summed E-state index contributed by atoms with van der Waals surface area (Å²) in [6.07, 6.45) is 1.04. The van der Waals surface area contributed by atoms with E-state index in [-0.39, 0.29) is 57.9 Å². The monoisotopic (exact) mass is 541 g/mol. The average Bonchev–Trinajstić information content (AvgIpc) is 3.56. The number of benzene rings is 1. The second-order valence-electron chi connectivity index (χ2n) is 11.5. The first-order valence-electron chi connectivity index (χ1n) is 12.8. The Kier molecular flexibility index (Phi) is 5.83. The van der Waals surface area contributed by atoms with Crippen LogP contribution in [0.3, 0.4) is 0 Å². The fraction of sp³-hybridized carbons (Fsp3) is 0.556. The number of thioether (sulfide) groups is 1. The summed E-state index contributed by atoms with van der Waals surface area (Å²) in [4.78, 5) is 59.1. The zero-order chi connectivity index (χ0) is 26.3. The number of carboxylic acid groups (broad SMARTS) is 1. The molecule has 1 aromatic heterocycles. The summed E-state index contributed by atoms with van der Waals surface area (Å²) in [5.41, 5.74) is 2.19. The van der Waals surface area contributed by atoms with Gasteiger partial charge in [0.15, 0.2) is 0 Å². The molecule has 0 radical (unpaired) electrons. The lowest BCUT2D eigenvalue weighted by Crippen LogP contribution is -2.47. The standard InChI is InChI=1S/C27H31N3O5S2/c1-11(2)9-16(26(33)34)30-24(31)19-14-10-15(20(19)25(30)32)21-18(14)17(22-23(36-21)28-27(35)37-22)12-5-7-13(8-6-12)29(3)4/h5-8,11,14-21H,9-10H2,1-4H3,(H,28,35)(H,33,34)/t14-,15+,16-,17+,18+,19+,20+,21-/m1/s1. The summed E-state index contributed by atoms with van der Waals surface area (Å²) in [6, 6.07) is 7.26.